The van der Waals surface area contributed by atoms with E-state index in [1.165, 1.54) is 7.11 Å². The van der Waals surface area contributed by atoms with E-state index in [0.717, 1.165) is 5.56 Å². The Bertz CT molecular complexity index is 1080. The van der Waals surface area contributed by atoms with Crippen molar-refractivity contribution < 1.29 is 19.1 Å². The highest BCUT2D eigenvalue weighted by atomic mass is 16.5. The first-order valence-corrected chi connectivity index (χ1v) is 9.67. The number of hydrogen-bond donors (Lipinski definition) is 1. The third kappa shape index (κ3) is 3.85. The Morgan fingerprint density at radius 3 is 2.57 bits per heavy atom. The number of carbonyl (C=O) groups excluding carboxylic acids is 2. The smallest absolute Gasteiger partial charge is 0.268 e. The van der Waals surface area contributed by atoms with Crippen molar-refractivity contribution in [3.05, 3.63) is 83.9 Å². The van der Waals surface area contributed by atoms with E-state index in [9.17, 15) is 9.59 Å². The number of hydrogen-bond acceptors (Lipinski definition) is 4. The standard InChI is InChI=1S/C24H22N2O4/c1-16-24(28)26(15-17-8-4-3-5-9-17)20-13-12-18(14-22(20)30-16)25-23(27)19-10-6-7-11-21(19)29-2/h3-14,16H,15H2,1-2H3,(H,25,27). The number of amides is 2. The van der Waals surface area contributed by atoms with Gasteiger partial charge in [0.1, 0.15) is 11.5 Å². The highest BCUT2D eigenvalue weighted by Gasteiger charge is 2.31. The van der Waals surface area contributed by atoms with Gasteiger partial charge in [0, 0.05) is 11.8 Å². The van der Waals surface area contributed by atoms with Gasteiger partial charge in [0.2, 0.25) is 0 Å². The average Bonchev–Trinajstić information content (AvgIpc) is 2.77. The molecule has 0 aliphatic carbocycles. The molecule has 0 spiro atoms. The van der Waals surface area contributed by atoms with Crippen LogP contribution >= 0.6 is 0 Å². The number of anilines is 2. The van der Waals surface area contributed by atoms with Crippen LogP contribution < -0.4 is 19.7 Å². The van der Waals surface area contributed by atoms with E-state index in [1.54, 1.807) is 48.2 Å². The molecule has 3 aromatic rings. The van der Waals surface area contributed by atoms with E-state index in [-0.39, 0.29) is 11.8 Å². The molecule has 1 heterocycles. The number of rotatable bonds is 5. The number of nitrogens with zero attached hydrogens (tertiary/aromatic N) is 1. The highest BCUT2D eigenvalue weighted by molar-refractivity contribution is 6.07. The predicted octanol–water partition coefficient (Wildman–Crippen LogP) is 4.26. The third-order valence-electron chi connectivity index (χ3n) is 4.96. The Kier molecular flexibility index (Phi) is 5.39. The number of carbonyl (C=O) groups is 2. The maximum Gasteiger partial charge on any atom is 0.268 e. The molecule has 1 aliphatic heterocycles. The first-order chi connectivity index (χ1) is 14.6. The van der Waals surface area contributed by atoms with Gasteiger partial charge in [-0.05, 0) is 36.8 Å². The Balaban J connectivity index is 1.60. The lowest BCUT2D eigenvalue weighted by Crippen LogP contribution is -2.44. The first-order valence-electron chi connectivity index (χ1n) is 9.67. The molecule has 3 aromatic carbocycles. The Labute approximate surface area is 175 Å². The van der Waals surface area contributed by atoms with E-state index in [2.05, 4.69) is 5.32 Å². The molecule has 6 nitrogen and oxygen atoms in total. The van der Waals surface area contributed by atoms with Crippen LogP contribution in [0.2, 0.25) is 0 Å². The summed E-state index contributed by atoms with van der Waals surface area (Å²) >= 11 is 0. The van der Waals surface area contributed by atoms with E-state index < -0.39 is 6.10 Å². The zero-order valence-electron chi connectivity index (χ0n) is 16.8. The van der Waals surface area contributed by atoms with Crippen molar-refractivity contribution in [2.75, 3.05) is 17.3 Å². The Morgan fingerprint density at radius 2 is 1.80 bits per heavy atom. The number of ether oxygens (including phenoxy) is 2. The number of benzene rings is 3. The predicted molar refractivity (Wildman–Crippen MR) is 115 cm³/mol. The van der Waals surface area contributed by atoms with Crippen LogP contribution in [0.3, 0.4) is 0 Å². The van der Waals surface area contributed by atoms with E-state index >= 15 is 0 Å². The molecular formula is C24H22N2O4. The molecule has 0 bridgehead atoms. The van der Waals surface area contributed by atoms with Crippen LogP contribution in [-0.4, -0.2) is 25.0 Å². The van der Waals surface area contributed by atoms with Crippen LogP contribution in [0.1, 0.15) is 22.8 Å². The molecule has 1 unspecified atom stereocenters. The molecule has 6 heteroatoms. The molecule has 0 radical (unpaired) electrons. The van der Waals surface area contributed by atoms with Crippen molar-refractivity contribution in [3.8, 4) is 11.5 Å². The maximum absolute atomic E-state index is 12.7. The van der Waals surface area contributed by atoms with Crippen molar-refractivity contribution >= 4 is 23.2 Å². The van der Waals surface area contributed by atoms with Gasteiger partial charge in [-0.15, -0.1) is 0 Å². The molecule has 1 atom stereocenters. The van der Waals surface area contributed by atoms with E-state index in [0.29, 0.717) is 35.0 Å². The second-order valence-corrected chi connectivity index (χ2v) is 7.01. The summed E-state index contributed by atoms with van der Waals surface area (Å²) in [5, 5.41) is 2.87. The van der Waals surface area contributed by atoms with Crippen molar-refractivity contribution in [3.63, 3.8) is 0 Å². The summed E-state index contributed by atoms with van der Waals surface area (Å²) in [4.78, 5) is 27.1. The lowest BCUT2D eigenvalue weighted by Gasteiger charge is -2.33. The van der Waals surface area contributed by atoms with Gasteiger partial charge in [0.25, 0.3) is 11.8 Å². The van der Waals surface area contributed by atoms with Gasteiger partial charge in [-0.25, -0.2) is 0 Å². The van der Waals surface area contributed by atoms with Crippen molar-refractivity contribution in [1.82, 2.24) is 0 Å². The first kappa shape index (κ1) is 19.5. The molecule has 30 heavy (non-hydrogen) atoms. The number of methoxy groups -OCH3 is 1. The SMILES string of the molecule is COc1ccccc1C(=O)Nc1ccc2c(c1)OC(C)C(=O)N2Cc1ccccc1. The molecule has 2 amide bonds. The van der Waals surface area contributed by atoms with Crippen molar-refractivity contribution in [2.24, 2.45) is 0 Å². The topological polar surface area (TPSA) is 67.9 Å². The maximum atomic E-state index is 12.7. The minimum atomic E-state index is -0.610. The largest absolute Gasteiger partial charge is 0.496 e. The number of nitrogens with one attached hydrogen (secondary N) is 1. The fraction of sp³-hybridized carbons (Fsp3) is 0.167. The van der Waals surface area contributed by atoms with Gasteiger partial charge in [-0.3, -0.25) is 9.59 Å². The van der Waals surface area contributed by atoms with E-state index in [1.807, 2.05) is 36.4 Å². The fourth-order valence-electron chi connectivity index (χ4n) is 3.45. The van der Waals surface area contributed by atoms with Crippen molar-refractivity contribution in [1.29, 1.82) is 0 Å². The summed E-state index contributed by atoms with van der Waals surface area (Å²) in [7, 11) is 1.53. The zero-order valence-corrected chi connectivity index (χ0v) is 16.8. The molecule has 0 fully saturated rings. The van der Waals surface area contributed by atoms with Gasteiger partial charge in [0.15, 0.2) is 6.10 Å². The van der Waals surface area contributed by atoms with Crippen LogP contribution in [0.4, 0.5) is 11.4 Å². The lowest BCUT2D eigenvalue weighted by molar-refractivity contribution is -0.125. The van der Waals surface area contributed by atoms with Crippen LogP contribution in [-0.2, 0) is 11.3 Å². The van der Waals surface area contributed by atoms with Gasteiger partial charge < -0.3 is 19.7 Å². The summed E-state index contributed by atoms with van der Waals surface area (Å²) < 4.78 is 11.1. The minimum absolute atomic E-state index is 0.0999. The molecule has 0 saturated carbocycles. The van der Waals surface area contributed by atoms with Gasteiger partial charge in [-0.2, -0.15) is 0 Å². The summed E-state index contributed by atoms with van der Waals surface area (Å²) in [6, 6.07) is 22.1. The molecule has 1 N–H and O–H groups in total. The fourth-order valence-corrected chi connectivity index (χ4v) is 3.45. The summed E-state index contributed by atoms with van der Waals surface area (Å²) in [6.07, 6.45) is -0.610. The average molecular weight is 402 g/mol. The van der Waals surface area contributed by atoms with Gasteiger partial charge >= 0.3 is 0 Å². The highest BCUT2D eigenvalue weighted by Crippen LogP contribution is 2.37. The lowest BCUT2D eigenvalue weighted by atomic mass is 10.1. The van der Waals surface area contributed by atoms with E-state index in [4.69, 9.17) is 9.47 Å². The summed E-state index contributed by atoms with van der Waals surface area (Å²) in [6.45, 7) is 2.18. The monoisotopic (exact) mass is 402 g/mol. The molecule has 4 rings (SSSR count). The molecule has 1 aliphatic rings. The van der Waals surface area contributed by atoms with Gasteiger partial charge in [-0.1, -0.05) is 42.5 Å². The number of para-hydroxylation sites is 1. The normalized spacial score (nSPS) is 15.2. The molecule has 152 valence electrons. The van der Waals surface area contributed by atoms with Crippen LogP contribution in [0.5, 0.6) is 11.5 Å². The second-order valence-electron chi connectivity index (χ2n) is 7.01. The summed E-state index contributed by atoms with van der Waals surface area (Å²) in [5.41, 5.74) is 2.72. The number of fused-ring (bicyclic) bond motifs is 1. The molecule has 0 saturated heterocycles. The second kappa shape index (κ2) is 8.29. The molecular weight excluding hydrogens is 380 g/mol. The quantitative estimate of drug-likeness (QED) is 0.692. The van der Waals surface area contributed by atoms with Crippen LogP contribution in [0.25, 0.3) is 0 Å². The van der Waals surface area contributed by atoms with Crippen LogP contribution in [0.15, 0.2) is 72.8 Å². The van der Waals surface area contributed by atoms with Crippen LogP contribution in [0, 0.1) is 0 Å². The summed E-state index contributed by atoms with van der Waals surface area (Å²) in [5.74, 6) is 0.666. The van der Waals surface area contributed by atoms with Crippen molar-refractivity contribution in [2.45, 2.75) is 19.6 Å². The zero-order chi connectivity index (χ0) is 21.1. The third-order valence-corrected chi connectivity index (χ3v) is 4.96. The molecule has 0 aromatic heterocycles. The Hall–Kier alpha value is -3.80. The van der Waals surface area contributed by atoms with Gasteiger partial charge in [0.05, 0.1) is 24.9 Å². The Morgan fingerprint density at radius 1 is 1.07 bits per heavy atom. The minimum Gasteiger partial charge on any atom is -0.496 e.